The summed E-state index contributed by atoms with van der Waals surface area (Å²) in [5.74, 6) is 0.778. The summed E-state index contributed by atoms with van der Waals surface area (Å²) in [4.78, 5) is 12.0. The molecule has 4 nitrogen and oxygen atoms in total. The van der Waals surface area contributed by atoms with E-state index in [4.69, 9.17) is 0 Å². The highest BCUT2D eigenvalue weighted by Gasteiger charge is 2.18. The minimum atomic E-state index is -0.670. The number of amides is 1. The summed E-state index contributed by atoms with van der Waals surface area (Å²) in [7, 11) is 1.97. The smallest absolute Gasteiger partial charge is 0.220 e. The first kappa shape index (κ1) is 16.1. The van der Waals surface area contributed by atoms with Crippen molar-refractivity contribution in [1.29, 1.82) is 0 Å². The molecule has 2 N–H and O–H groups in total. The van der Waals surface area contributed by atoms with E-state index in [0.717, 1.165) is 28.8 Å². The molecule has 2 aromatic rings. The Hall–Kier alpha value is -1.81. The van der Waals surface area contributed by atoms with E-state index < -0.39 is 6.10 Å². The third kappa shape index (κ3) is 3.75. The molecule has 1 saturated carbocycles. The van der Waals surface area contributed by atoms with Gasteiger partial charge in [-0.15, -0.1) is 0 Å². The lowest BCUT2D eigenvalue weighted by Crippen LogP contribution is -2.28. The molecule has 1 aliphatic rings. The van der Waals surface area contributed by atoms with Crippen molar-refractivity contribution in [3.8, 4) is 0 Å². The van der Waals surface area contributed by atoms with Crippen LogP contribution in [0.25, 0.3) is 10.9 Å². The van der Waals surface area contributed by atoms with E-state index in [0.29, 0.717) is 6.42 Å². The molecule has 124 valence electrons. The van der Waals surface area contributed by atoms with Gasteiger partial charge in [-0.1, -0.05) is 43.9 Å². The quantitative estimate of drug-likeness (QED) is 0.859. The number of aryl methyl sites for hydroxylation is 1. The molecule has 1 amide bonds. The molecule has 0 radical (unpaired) electrons. The van der Waals surface area contributed by atoms with Gasteiger partial charge in [0.1, 0.15) is 0 Å². The van der Waals surface area contributed by atoms with Crippen LogP contribution in [0.4, 0.5) is 0 Å². The van der Waals surface area contributed by atoms with Crippen LogP contribution in [-0.2, 0) is 11.8 Å². The van der Waals surface area contributed by atoms with Crippen molar-refractivity contribution in [3.05, 3.63) is 36.0 Å². The van der Waals surface area contributed by atoms with E-state index >= 15 is 0 Å². The Kier molecular flexibility index (Phi) is 5.01. The molecule has 1 atom stereocenters. The normalized spacial score (nSPS) is 16.8. The van der Waals surface area contributed by atoms with Crippen LogP contribution in [-0.4, -0.2) is 22.1 Å². The number of hydrogen-bond donors (Lipinski definition) is 2. The molecule has 1 aliphatic carbocycles. The van der Waals surface area contributed by atoms with Crippen molar-refractivity contribution in [3.63, 3.8) is 0 Å². The molecule has 4 heteroatoms. The van der Waals surface area contributed by atoms with Gasteiger partial charge in [0.2, 0.25) is 5.91 Å². The van der Waals surface area contributed by atoms with Crippen LogP contribution in [0.3, 0.4) is 0 Å². The average molecular weight is 314 g/mol. The monoisotopic (exact) mass is 314 g/mol. The Balaban J connectivity index is 1.53. The van der Waals surface area contributed by atoms with E-state index in [9.17, 15) is 9.90 Å². The van der Waals surface area contributed by atoms with Crippen LogP contribution in [0.2, 0.25) is 0 Å². The average Bonchev–Trinajstić information content (AvgIpc) is 3.19. The maximum Gasteiger partial charge on any atom is 0.220 e. The summed E-state index contributed by atoms with van der Waals surface area (Å²) in [5.41, 5.74) is 1.97. The fraction of sp³-hybridized carbons (Fsp3) is 0.526. The van der Waals surface area contributed by atoms with Crippen LogP contribution in [0.5, 0.6) is 0 Å². The molecule has 0 aliphatic heterocycles. The molecule has 0 spiro atoms. The Morgan fingerprint density at radius 2 is 2.09 bits per heavy atom. The topological polar surface area (TPSA) is 54.3 Å². The number of rotatable bonds is 6. The zero-order chi connectivity index (χ0) is 16.2. The third-order valence-corrected chi connectivity index (χ3v) is 5.03. The number of nitrogens with one attached hydrogen (secondary N) is 1. The molecule has 1 aromatic carbocycles. The Labute approximate surface area is 137 Å². The number of carbonyl (C=O) groups excluding carboxylic acids is 1. The summed E-state index contributed by atoms with van der Waals surface area (Å²) in [6, 6.07) is 8.00. The molecule has 0 bridgehead atoms. The number of carbonyl (C=O) groups is 1. The van der Waals surface area contributed by atoms with Crippen LogP contribution in [0.1, 0.15) is 50.2 Å². The van der Waals surface area contributed by atoms with Gasteiger partial charge in [0.25, 0.3) is 0 Å². The maximum atomic E-state index is 12.0. The summed E-state index contributed by atoms with van der Waals surface area (Å²) < 4.78 is 2.01. The van der Waals surface area contributed by atoms with E-state index in [1.165, 1.54) is 25.7 Å². The van der Waals surface area contributed by atoms with Gasteiger partial charge in [0.05, 0.1) is 6.10 Å². The molecule has 23 heavy (non-hydrogen) atoms. The highest BCUT2D eigenvalue weighted by Crippen LogP contribution is 2.28. The number of para-hydroxylation sites is 1. The van der Waals surface area contributed by atoms with Gasteiger partial charge in [-0.05, 0) is 18.4 Å². The second-order valence-corrected chi connectivity index (χ2v) is 6.72. The lowest BCUT2D eigenvalue weighted by Gasteiger charge is -2.12. The van der Waals surface area contributed by atoms with Crippen LogP contribution < -0.4 is 5.32 Å². The summed E-state index contributed by atoms with van der Waals surface area (Å²) in [6.45, 7) is 0.275. The van der Waals surface area contributed by atoms with Crippen molar-refractivity contribution in [1.82, 2.24) is 9.88 Å². The Bertz CT molecular complexity index is 671. The number of nitrogens with zero attached hydrogens (tertiary/aromatic N) is 1. The summed E-state index contributed by atoms with van der Waals surface area (Å²) in [6.07, 6.45) is 8.00. The molecule has 1 heterocycles. The van der Waals surface area contributed by atoms with Gasteiger partial charge in [0, 0.05) is 42.7 Å². The van der Waals surface area contributed by atoms with Crippen molar-refractivity contribution < 1.29 is 9.90 Å². The Morgan fingerprint density at radius 1 is 1.35 bits per heavy atom. The molecule has 3 rings (SSSR count). The molecule has 0 saturated heterocycles. The lowest BCUT2D eigenvalue weighted by atomic mass is 10.0. The fourth-order valence-electron chi connectivity index (χ4n) is 3.68. The zero-order valence-corrected chi connectivity index (χ0v) is 13.8. The van der Waals surface area contributed by atoms with Crippen molar-refractivity contribution >= 4 is 16.8 Å². The number of aromatic nitrogens is 1. The molecule has 1 unspecified atom stereocenters. The van der Waals surface area contributed by atoms with Gasteiger partial charge in [-0.3, -0.25) is 4.79 Å². The molecular formula is C19H26N2O2. The van der Waals surface area contributed by atoms with Gasteiger partial charge in [-0.25, -0.2) is 0 Å². The minimum Gasteiger partial charge on any atom is -0.386 e. The van der Waals surface area contributed by atoms with Crippen molar-refractivity contribution in [2.75, 3.05) is 6.54 Å². The standard InChI is InChI=1S/C19H26N2O2/c1-21-13-16(15-8-4-5-9-17(15)21)18(22)12-20-19(23)11-10-14-6-2-3-7-14/h4-5,8-9,13-14,18,22H,2-3,6-7,10-12H2,1H3,(H,20,23). The van der Waals surface area contributed by atoms with Crippen molar-refractivity contribution in [2.24, 2.45) is 13.0 Å². The van der Waals surface area contributed by atoms with E-state index in [-0.39, 0.29) is 12.5 Å². The SMILES string of the molecule is Cn1cc(C(O)CNC(=O)CCC2CCCC2)c2ccccc21. The Morgan fingerprint density at radius 3 is 2.87 bits per heavy atom. The van der Waals surface area contributed by atoms with Gasteiger partial charge < -0.3 is 15.0 Å². The van der Waals surface area contributed by atoms with Crippen molar-refractivity contribution in [2.45, 2.75) is 44.6 Å². The maximum absolute atomic E-state index is 12.0. The van der Waals surface area contributed by atoms with Crippen LogP contribution in [0.15, 0.2) is 30.5 Å². The number of aliphatic hydroxyl groups is 1. The molecule has 1 aromatic heterocycles. The van der Waals surface area contributed by atoms with Gasteiger partial charge in [0.15, 0.2) is 0 Å². The largest absolute Gasteiger partial charge is 0.386 e. The van der Waals surface area contributed by atoms with Gasteiger partial charge in [-0.2, -0.15) is 0 Å². The first-order valence-electron chi connectivity index (χ1n) is 8.64. The van der Waals surface area contributed by atoms with E-state index in [1.54, 1.807) is 0 Å². The van der Waals surface area contributed by atoms with Crippen LogP contribution >= 0.6 is 0 Å². The fourth-order valence-corrected chi connectivity index (χ4v) is 3.68. The second-order valence-electron chi connectivity index (χ2n) is 6.72. The predicted molar refractivity (Wildman–Crippen MR) is 92.1 cm³/mol. The van der Waals surface area contributed by atoms with E-state index in [1.807, 2.05) is 42.1 Å². The molecular weight excluding hydrogens is 288 g/mol. The number of hydrogen-bond acceptors (Lipinski definition) is 2. The zero-order valence-electron chi connectivity index (χ0n) is 13.8. The minimum absolute atomic E-state index is 0.0520. The summed E-state index contributed by atoms with van der Waals surface area (Å²) in [5, 5.41) is 14.4. The van der Waals surface area contributed by atoms with E-state index in [2.05, 4.69) is 5.32 Å². The van der Waals surface area contributed by atoms with Crippen LogP contribution in [0, 0.1) is 5.92 Å². The first-order valence-corrected chi connectivity index (χ1v) is 8.64. The predicted octanol–water partition coefficient (Wildman–Crippen LogP) is 3.30. The van der Waals surface area contributed by atoms with Gasteiger partial charge >= 0.3 is 0 Å². The molecule has 1 fully saturated rings. The third-order valence-electron chi connectivity index (χ3n) is 5.03. The summed E-state index contributed by atoms with van der Waals surface area (Å²) >= 11 is 0. The lowest BCUT2D eigenvalue weighted by molar-refractivity contribution is -0.121. The highest BCUT2D eigenvalue weighted by atomic mass is 16.3. The number of benzene rings is 1. The highest BCUT2D eigenvalue weighted by molar-refractivity contribution is 5.84. The first-order chi connectivity index (χ1) is 11.1. The second kappa shape index (κ2) is 7.18. The number of aliphatic hydroxyl groups excluding tert-OH is 1. The number of fused-ring (bicyclic) bond motifs is 1.